The Morgan fingerprint density at radius 1 is 1.52 bits per heavy atom. The van der Waals surface area contributed by atoms with Crippen LogP contribution in [0.4, 0.5) is 15.8 Å². The lowest BCUT2D eigenvalue weighted by molar-refractivity contribution is -0.384. The summed E-state index contributed by atoms with van der Waals surface area (Å²) in [7, 11) is 0. The average Bonchev–Trinajstić information content (AvgIpc) is 3.11. The molecule has 2 saturated heterocycles. The van der Waals surface area contributed by atoms with Crippen LogP contribution in [0.2, 0.25) is 0 Å². The number of hydrogen-bond acceptors (Lipinski definition) is 7. The van der Waals surface area contributed by atoms with Gasteiger partial charge in [0.2, 0.25) is 5.91 Å². The van der Waals surface area contributed by atoms with Gasteiger partial charge in [-0.25, -0.2) is 9.18 Å². The minimum atomic E-state index is -0.856. The van der Waals surface area contributed by atoms with E-state index in [-0.39, 0.29) is 11.6 Å². The van der Waals surface area contributed by atoms with E-state index in [1.807, 2.05) is 6.92 Å². The van der Waals surface area contributed by atoms with Crippen molar-refractivity contribution in [3.63, 3.8) is 0 Å². The highest BCUT2D eigenvalue weighted by molar-refractivity contribution is 8.01. The highest BCUT2D eigenvalue weighted by Gasteiger charge is 2.53. The van der Waals surface area contributed by atoms with Crippen LogP contribution >= 0.6 is 11.8 Å². The highest BCUT2D eigenvalue weighted by atomic mass is 32.2. The van der Waals surface area contributed by atoms with Crippen LogP contribution in [0.5, 0.6) is 0 Å². The molecule has 0 aromatic heterocycles. The summed E-state index contributed by atoms with van der Waals surface area (Å²) in [6, 6.07) is 1.93. The molecular formula is C16H16FN3O6S. The number of nitro benzene ring substituents is 1. The number of ether oxygens (including phenoxy) is 1. The van der Waals surface area contributed by atoms with Crippen molar-refractivity contribution < 1.29 is 28.4 Å². The Morgan fingerprint density at radius 3 is 2.96 bits per heavy atom. The SMILES string of the molecule is C[C@]12CCC(=O)N1[C@@H](C(=O)OCC(=O)Nc1cc([N+](=O)[O-])ccc1F)CS2. The van der Waals surface area contributed by atoms with Crippen LogP contribution in [0, 0.1) is 15.9 Å². The van der Waals surface area contributed by atoms with Gasteiger partial charge in [-0.15, -0.1) is 11.8 Å². The molecule has 2 amide bonds. The molecule has 0 unspecified atom stereocenters. The van der Waals surface area contributed by atoms with E-state index in [0.29, 0.717) is 18.6 Å². The summed E-state index contributed by atoms with van der Waals surface area (Å²) >= 11 is 1.49. The van der Waals surface area contributed by atoms with E-state index in [0.717, 1.165) is 18.2 Å². The molecule has 11 heteroatoms. The summed E-state index contributed by atoms with van der Waals surface area (Å²) in [6.45, 7) is 1.19. The molecule has 9 nitrogen and oxygen atoms in total. The number of nitrogens with one attached hydrogen (secondary N) is 1. The molecule has 0 radical (unpaired) electrons. The van der Waals surface area contributed by atoms with Gasteiger partial charge in [-0.3, -0.25) is 19.7 Å². The first-order valence-corrected chi connectivity index (χ1v) is 9.06. The Hall–Kier alpha value is -2.69. The van der Waals surface area contributed by atoms with Gasteiger partial charge in [-0.1, -0.05) is 0 Å². The second kappa shape index (κ2) is 7.14. The number of nitrogens with zero attached hydrogens (tertiary/aromatic N) is 2. The van der Waals surface area contributed by atoms with Crippen LogP contribution in [0.3, 0.4) is 0 Å². The molecule has 2 aliphatic heterocycles. The largest absolute Gasteiger partial charge is 0.454 e. The Balaban J connectivity index is 1.58. The van der Waals surface area contributed by atoms with Crippen LogP contribution in [0.25, 0.3) is 0 Å². The lowest BCUT2D eigenvalue weighted by atomic mass is 10.2. The summed E-state index contributed by atoms with van der Waals surface area (Å²) in [5, 5.41) is 12.9. The fraction of sp³-hybridized carbons (Fsp3) is 0.438. The molecule has 1 aromatic carbocycles. The summed E-state index contributed by atoms with van der Waals surface area (Å²) in [6.07, 6.45) is 1.01. The van der Waals surface area contributed by atoms with E-state index in [1.54, 1.807) is 0 Å². The molecule has 1 N–H and O–H groups in total. The molecular weight excluding hydrogens is 381 g/mol. The van der Waals surface area contributed by atoms with E-state index in [2.05, 4.69) is 5.32 Å². The number of rotatable bonds is 5. The quantitative estimate of drug-likeness (QED) is 0.456. The molecule has 2 heterocycles. The third-order valence-corrected chi connectivity index (χ3v) is 6.00. The number of hydrogen-bond donors (Lipinski definition) is 1. The first-order chi connectivity index (χ1) is 12.7. The number of anilines is 1. The Morgan fingerprint density at radius 2 is 2.26 bits per heavy atom. The van der Waals surface area contributed by atoms with Gasteiger partial charge in [-0.2, -0.15) is 0 Å². The fourth-order valence-electron chi connectivity index (χ4n) is 3.14. The summed E-state index contributed by atoms with van der Waals surface area (Å²) in [4.78, 5) is 47.2. The van der Waals surface area contributed by atoms with Crippen LogP contribution in [-0.4, -0.2) is 50.9 Å². The first kappa shape index (κ1) is 19.1. The molecule has 0 aliphatic carbocycles. The fourth-order valence-corrected chi connectivity index (χ4v) is 4.55. The van der Waals surface area contributed by atoms with Crippen LogP contribution < -0.4 is 5.32 Å². The van der Waals surface area contributed by atoms with Gasteiger partial charge in [0, 0.05) is 24.3 Å². The number of thioether (sulfide) groups is 1. The Labute approximate surface area is 157 Å². The maximum atomic E-state index is 13.7. The third kappa shape index (κ3) is 3.72. The van der Waals surface area contributed by atoms with Crippen LogP contribution in [0.15, 0.2) is 18.2 Å². The van der Waals surface area contributed by atoms with Gasteiger partial charge in [0.1, 0.15) is 11.9 Å². The van der Waals surface area contributed by atoms with E-state index in [9.17, 15) is 28.9 Å². The van der Waals surface area contributed by atoms with Crippen molar-refractivity contribution in [2.45, 2.75) is 30.7 Å². The number of carbonyl (C=O) groups excluding carboxylic acids is 3. The number of nitro groups is 1. The van der Waals surface area contributed by atoms with Gasteiger partial charge in [-0.05, 0) is 19.4 Å². The van der Waals surface area contributed by atoms with Crippen LogP contribution in [0.1, 0.15) is 19.8 Å². The van der Waals surface area contributed by atoms with Gasteiger partial charge >= 0.3 is 5.97 Å². The molecule has 0 bridgehead atoms. The first-order valence-electron chi connectivity index (χ1n) is 8.08. The smallest absolute Gasteiger partial charge is 0.330 e. The van der Waals surface area contributed by atoms with E-state index in [4.69, 9.17) is 4.74 Å². The minimum Gasteiger partial charge on any atom is -0.454 e. The lowest BCUT2D eigenvalue weighted by Gasteiger charge is -2.29. The predicted molar refractivity (Wildman–Crippen MR) is 93.4 cm³/mol. The number of amides is 2. The maximum absolute atomic E-state index is 13.7. The number of benzene rings is 1. The number of non-ortho nitro benzene ring substituents is 1. The highest BCUT2D eigenvalue weighted by Crippen LogP contribution is 2.47. The molecule has 0 saturated carbocycles. The number of esters is 1. The monoisotopic (exact) mass is 397 g/mol. The Kier molecular flexibility index (Phi) is 5.05. The van der Waals surface area contributed by atoms with Crippen molar-refractivity contribution in [1.29, 1.82) is 0 Å². The molecule has 1 aromatic rings. The second-order valence-electron chi connectivity index (χ2n) is 6.34. The van der Waals surface area contributed by atoms with Gasteiger partial charge < -0.3 is 15.0 Å². The zero-order valence-corrected chi connectivity index (χ0v) is 15.1. The molecule has 27 heavy (non-hydrogen) atoms. The van der Waals surface area contributed by atoms with Gasteiger partial charge in [0.25, 0.3) is 11.6 Å². The predicted octanol–water partition coefficient (Wildman–Crippen LogP) is 1.67. The number of halogens is 1. The summed E-state index contributed by atoms with van der Waals surface area (Å²) in [5.41, 5.74) is -0.775. The molecule has 2 aliphatic rings. The zero-order valence-electron chi connectivity index (χ0n) is 14.3. The maximum Gasteiger partial charge on any atom is 0.330 e. The van der Waals surface area contributed by atoms with Crippen molar-refractivity contribution in [3.05, 3.63) is 34.1 Å². The second-order valence-corrected chi connectivity index (χ2v) is 7.84. The third-order valence-electron chi connectivity index (χ3n) is 4.50. The standard InChI is InChI=1S/C16H16FN3O6S/c1-16-5-4-14(22)19(16)12(8-27-16)15(23)26-7-13(21)18-11-6-9(20(24)25)2-3-10(11)17/h2-3,6,12H,4-5,7-8H2,1H3,(H,18,21)/t12-,16+/m1/s1. The molecule has 3 rings (SSSR count). The van der Waals surface area contributed by atoms with E-state index >= 15 is 0 Å². The topological polar surface area (TPSA) is 119 Å². The van der Waals surface area contributed by atoms with Crippen LogP contribution in [-0.2, 0) is 19.1 Å². The molecule has 0 spiro atoms. The molecule has 144 valence electrons. The summed E-state index contributed by atoms with van der Waals surface area (Å²) < 4.78 is 18.6. The molecule has 2 fully saturated rings. The van der Waals surface area contributed by atoms with Crippen molar-refractivity contribution in [2.75, 3.05) is 17.7 Å². The van der Waals surface area contributed by atoms with Crippen molar-refractivity contribution in [2.24, 2.45) is 0 Å². The average molecular weight is 397 g/mol. The minimum absolute atomic E-state index is 0.132. The Bertz CT molecular complexity index is 834. The van der Waals surface area contributed by atoms with Gasteiger partial charge in [0.05, 0.1) is 15.5 Å². The van der Waals surface area contributed by atoms with E-state index < -0.39 is 45.8 Å². The summed E-state index contributed by atoms with van der Waals surface area (Å²) in [5.74, 6) is -2.17. The molecule has 2 atom stereocenters. The number of fused-ring (bicyclic) bond motifs is 1. The zero-order chi connectivity index (χ0) is 19.8. The normalized spacial score (nSPS) is 23.9. The number of carbonyl (C=O) groups is 3. The lowest BCUT2D eigenvalue weighted by Crippen LogP contribution is -2.47. The van der Waals surface area contributed by atoms with Gasteiger partial charge in [0.15, 0.2) is 6.61 Å². The van der Waals surface area contributed by atoms with Crippen molar-refractivity contribution in [3.8, 4) is 0 Å². The van der Waals surface area contributed by atoms with Crippen molar-refractivity contribution >= 4 is 40.9 Å². The van der Waals surface area contributed by atoms with E-state index in [1.165, 1.54) is 16.7 Å². The van der Waals surface area contributed by atoms with Crippen molar-refractivity contribution in [1.82, 2.24) is 4.90 Å².